The van der Waals surface area contributed by atoms with Crippen LogP contribution in [0.25, 0.3) is 0 Å². The average Bonchev–Trinajstić information content (AvgIpc) is 2.87. The molecule has 0 radical (unpaired) electrons. The molecule has 0 unspecified atom stereocenters. The van der Waals surface area contributed by atoms with Crippen molar-refractivity contribution in [3.8, 4) is 0 Å². The van der Waals surface area contributed by atoms with E-state index >= 15 is 0 Å². The molecule has 2 aromatic rings. The zero-order valence-corrected chi connectivity index (χ0v) is 11.7. The van der Waals surface area contributed by atoms with E-state index in [-0.39, 0.29) is 17.2 Å². The number of aromatic carboxylic acids is 1. The maximum Gasteiger partial charge on any atom is 0.337 e. The van der Waals surface area contributed by atoms with Gasteiger partial charge in [0.1, 0.15) is 0 Å². The van der Waals surface area contributed by atoms with Crippen molar-refractivity contribution < 1.29 is 14.7 Å². The van der Waals surface area contributed by atoms with Crippen molar-refractivity contribution in [2.75, 3.05) is 11.1 Å². The predicted molar refractivity (Wildman–Crippen MR) is 79.5 cm³/mol. The van der Waals surface area contributed by atoms with Gasteiger partial charge < -0.3 is 16.2 Å². The lowest BCUT2D eigenvalue weighted by molar-refractivity contribution is 0.0698. The Morgan fingerprint density at radius 1 is 1.30 bits per heavy atom. The molecule has 20 heavy (non-hydrogen) atoms. The SMILES string of the molecule is CCc1ccc(C(=O)Nc2cc(N)ccc2C(=O)O)s1. The Labute approximate surface area is 120 Å². The third-order valence-electron chi connectivity index (χ3n) is 2.76. The number of carboxylic acid groups (broad SMARTS) is 1. The number of benzene rings is 1. The number of carbonyl (C=O) groups is 2. The van der Waals surface area contributed by atoms with E-state index in [1.165, 1.54) is 29.5 Å². The molecule has 6 heteroatoms. The van der Waals surface area contributed by atoms with Crippen molar-refractivity contribution in [3.05, 3.63) is 45.6 Å². The second kappa shape index (κ2) is 5.75. The molecule has 0 atom stereocenters. The zero-order valence-electron chi connectivity index (χ0n) is 10.8. The van der Waals surface area contributed by atoms with Gasteiger partial charge in [0.2, 0.25) is 0 Å². The van der Waals surface area contributed by atoms with Gasteiger partial charge in [-0.1, -0.05) is 6.92 Å². The molecule has 1 aromatic carbocycles. The Kier molecular flexibility index (Phi) is 4.05. The number of nitrogens with one attached hydrogen (secondary N) is 1. The summed E-state index contributed by atoms with van der Waals surface area (Å²) in [7, 11) is 0. The first-order chi connectivity index (χ1) is 9.51. The van der Waals surface area contributed by atoms with Crippen molar-refractivity contribution in [1.82, 2.24) is 0 Å². The minimum absolute atomic E-state index is 0.0137. The smallest absolute Gasteiger partial charge is 0.337 e. The first-order valence-electron chi connectivity index (χ1n) is 6.04. The summed E-state index contributed by atoms with van der Waals surface area (Å²) >= 11 is 1.39. The number of nitrogens with two attached hydrogens (primary N) is 1. The first kappa shape index (κ1) is 14.1. The lowest BCUT2D eigenvalue weighted by Gasteiger charge is -2.08. The van der Waals surface area contributed by atoms with Crippen LogP contribution in [0, 0.1) is 0 Å². The number of rotatable bonds is 4. The van der Waals surface area contributed by atoms with E-state index in [1.54, 1.807) is 6.07 Å². The molecule has 104 valence electrons. The molecule has 5 nitrogen and oxygen atoms in total. The molecule has 0 aliphatic heterocycles. The normalized spacial score (nSPS) is 10.2. The predicted octanol–water partition coefficient (Wildman–Crippen LogP) is 2.84. The molecule has 0 spiro atoms. The Morgan fingerprint density at radius 2 is 2.05 bits per heavy atom. The number of amides is 1. The Bertz CT molecular complexity index is 664. The molecule has 4 N–H and O–H groups in total. The molecular formula is C14H14N2O3S. The fourth-order valence-electron chi connectivity index (χ4n) is 1.73. The molecule has 1 heterocycles. The van der Waals surface area contributed by atoms with Crippen LogP contribution < -0.4 is 11.1 Å². The van der Waals surface area contributed by atoms with Crippen LogP contribution in [0.1, 0.15) is 31.8 Å². The van der Waals surface area contributed by atoms with Gasteiger partial charge in [0.25, 0.3) is 5.91 Å². The van der Waals surface area contributed by atoms with Crippen LogP contribution >= 0.6 is 11.3 Å². The van der Waals surface area contributed by atoms with Crippen molar-refractivity contribution in [2.24, 2.45) is 0 Å². The summed E-state index contributed by atoms with van der Waals surface area (Å²) in [4.78, 5) is 24.8. The van der Waals surface area contributed by atoms with Crippen LogP contribution in [0.4, 0.5) is 11.4 Å². The van der Waals surface area contributed by atoms with Crippen LogP contribution in [-0.4, -0.2) is 17.0 Å². The highest BCUT2D eigenvalue weighted by Gasteiger charge is 2.15. The second-order valence-corrected chi connectivity index (χ2v) is 5.35. The highest BCUT2D eigenvalue weighted by Crippen LogP contribution is 2.22. The average molecular weight is 290 g/mol. The molecule has 1 aromatic heterocycles. The number of anilines is 2. The summed E-state index contributed by atoms with van der Waals surface area (Å²) in [5.41, 5.74) is 6.24. The van der Waals surface area contributed by atoms with Crippen LogP contribution in [0.2, 0.25) is 0 Å². The number of carbonyl (C=O) groups excluding carboxylic acids is 1. The third kappa shape index (κ3) is 2.97. The van der Waals surface area contributed by atoms with Gasteiger partial charge in [-0.25, -0.2) is 4.79 Å². The Balaban J connectivity index is 2.27. The molecule has 0 bridgehead atoms. The van der Waals surface area contributed by atoms with E-state index in [9.17, 15) is 9.59 Å². The monoisotopic (exact) mass is 290 g/mol. The summed E-state index contributed by atoms with van der Waals surface area (Å²) in [6.45, 7) is 2.01. The van der Waals surface area contributed by atoms with Crippen molar-refractivity contribution in [3.63, 3.8) is 0 Å². The minimum Gasteiger partial charge on any atom is -0.478 e. The maximum absolute atomic E-state index is 12.1. The van der Waals surface area contributed by atoms with Gasteiger partial charge in [-0.3, -0.25) is 4.79 Å². The van der Waals surface area contributed by atoms with Crippen molar-refractivity contribution in [2.45, 2.75) is 13.3 Å². The molecular weight excluding hydrogens is 276 g/mol. The van der Waals surface area contributed by atoms with E-state index in [1.807, 2.05) is 13.0 Å². The van der Waals surface area contributed by atoms with E-state index in [2.05, 4.69) is 5.32 Å². The molecule has 0 fully saturated rings. The number of hydrogen-bond acceptors (Lipinski definition) is 4. The summed E-state index contributed by atoms with van der Waals surface area (Å²) < 4.78 is 0. The first-order valence-corrected chi connectivity index (χ1v) is 6.85. The number of nitrogen functional groups attached to an aromatic ring is 1. The van der Waals surface area contributed by atoms with E-state index in [0.717, 1.165) is 11.3 Å². The fourth-order valence-corrected chi connectivity index (χ4v) is 2.57. The fraction of sp³-hybridized carbons (Fsp3) is 0.143. The lowest BCUT2D eigenvalue weighted by Crippen LogP contribution is -2.14. The minimum atomic E-state index is -1.11. The maximum atomic E-state index is 12.1. The highest BCUT2D eigenvalue weighted by atomic mass is 32.1. The number of aryl methyl sites for hydroxylation is 1. The van der Waals surface area contributed by atoms with Gasteiger partial charge in [0, 0.05) is 10.6 Å². The van der Waals surface area contributed by atoms with Crippen LogP contribution in [-0.2, 0) is 6.42 Å². The van der Waals surface area contributed by atoms with Gasteiger partial charge in [0.15, 0.2) is 0 Å². The van der Waals surface area contributed by atoms with Gasteiger partial charge in [-0.05, 0) is 36.8 Å². The van der Waals surface area contributed by atoms with Crippen LogP contribution in [0.3, 0.4) is 0 Å². The van der Waals surface area contributed by atoms with E-state index in [0.29, 0.717) is 10.6 Å². The zero-order chi connectivity index (χ0) is 14.7. The Morgan fingerprint density at radius 3 is 2.65 bits per heavy atom. The third-order valence-corrected chi connectivity index (χ3v) is 3.98. The summed E-state index contributed by atoms with van der Waals surface area (Å²) in [5, 5.41) is 11.7. The topological polar surface area (TPSA) is 92.4 Å². The van der Waals surface area contributed by atoms with E-state index < -0.39 is 5.97 Å². The molecule has 0 saturated heterocycles. The molecule has 0 saturated carbocycles. The Hall–Kier alpha value is -2.34. The number of hydrogen-bond donors (Lipinski definition) is 3. The van der Waals surface area contributed by atoms with Gasteiger partial charge in [0.05, 0.1) is 16.1 Å². The molecule has 0 aliphatic rings. The number of thiophene rings is 1. The molecule has 1 amide bonds. The lowest BCUT2D eigenvalue weighted by atomic mass is 10.1. The van der Waals surface area contributed by atoms with Crippen molar-refractivity contribution in [1.29, 1.82) is 0 Å². The van der Waals surface area contributed by atoms with Crippen LogP contribution in [0.15, 0.2) is 30.3 Å². The highest BCUT2D eigenvalue weighted by molar-refractivity contribution is 7.14. The largest absolute Gasteiger partial charge is 0.478 e. The summed E-state index contributed by atoms with van der Waals surface area (Å²) in [5.74, 6) is -1.44. The molecule has 0 aliphatic carbocycles. The van der Waals surface area contributed by atoms with Gasteiger partial charge in [-0.2, -0.15) is 0 Å². The quantitative estimate of drug-likeness (QED) is 0.755. The van der Waals surface area contributed by atoms with Gasteiger partial charge in [-0.15, -0.1) is 11.3 Å². The molecule has 2 rings (SSSR count). The number of carboxylic acids is 1. The van der Waals surface area contributed by atoms with Gasteiger partial charge >= 0.3 is 5.97 Å². The summed E-state index contributed by atoms with van der Waals surface area (Å²) in [6, 6.07) is 7.91. The van der Waals surface area contributed by atoms with E-state index in [4.69, 9.17) is 10.8 Å². The van der Waals surface area contributed by atoms with Crippen molar-refractivity contribution >= 4 is 34.6 Å². The second-order valence-electron chi connectivity index (χ2n) is 4.18. The summed E-state index contributed by atoms with van der Waals surface area (Å²) in [6.07, 6.45) is 0.858. The standard InChI is InChI=1S/C14H14N2O3S/c1-2-9-4-6-12(20-9)13(17)16-11-7-8(15)3-5-10(11)14(18)19/h3-7H,2,15H2,1H3,(H,16,17)(H,18,19). The van der Waals surface area contributed by atoms with Crippen LogP contribution in [0.5, 0.6) is 0 Å².